The first-order chi connectivity index (χ1) is 21.1. The van der Waals surface area contributed by atoms with Gasteiger partial charge in [-0.3, -0.25) is 9.59 Å². The molecule has 0 aliphatic carbocycles. The summed E-state index contributed by atoms with van der Waals surface area (Å²) in [6, 6.07) is 23.0. The number of aromatic amines is 1. The number of ketones is 1. The number of ether oxygens (including phenoxy) is 1. The number of rotatable bonds is 4. The van der Waals surface area contributed by atoms with E-state index in [0.29, 0.717) is 53.8 Å². The van der Waals surface area contributed by atoms with Crippen molar-refractivity contribution < 1.29 is 14.3 Å². The van der Waals surface area contributed by atoms with Crippen molar-refractivity contribution >= 4 is 33.2 Å². The van der Waals surface area contributed by atoms with Gasteiger partial charge in [-0.1, -0.05) is 36.4 Å². The second-order valence-electron chi connectivity index (χ2n) is 10.8. The number of piperidine rings is 1. The van der Waals surface area contributed by atoms with Gasteiger partial charge in [-0.2, -0.15) is 5.10 Å². The van der Waals surface area contributed by atoms with Crippen molar-refractivity contribution in [1.29, 1.82) is 0 Å². The number of thiophene rings is 1. The van der Waals surface area contributed by atoms with Crippen LogP contribution in [0.2, 0.25) is 0 Å². The summed E-state index contributed by atoms with van der Waals surface area (Å²) in [4.78, 5) is 34.9. The van der Waals surface area contributed by atoms with Crippen LogP contribution in [-0.2, 0) is 0 Å². The number of Topliss-reactive ketones (excluding diaryl/α,β-unsaturated/α-hetero) is 1. The van der Waals surface area contributed by atoms with Gasteiger partial charge in [-0.15, -0.1) is 16.4 Å². The number of H-pyrrole nitrogens is 1. The van der Waals surface area contributed by atoms with E-state index < -0.39 is 5.60 Å². The maximum atomic E-state index is 13.8. The van der Waals surface area contributed by atoms with Gasteiger partial charge in [-0.25, -0.2) is 14.8 Å². The monoisotopic (exact) mass is 588 g/mol. The Kier molecular flexibility index (Phi) is 5.89. The Morgan fingerprint density at radius 2 is 1.81 bits per heavy atom. The van der Waals surface area contributed by atoms with Crippen molar-refractivity contribution in [2.45, 2.75) is 24.9 Å². The van der Waals surface area contributed by atoms with Crippen LogP contribution in [0.5, 0.6) is 5.75 Å². The van der Waals surface area contributed by atoms with Crippen molar-refractivity contribution in [1.82, 2.24) is 40.3 Å². The van der Waals surface area contributed by atoms with Crippen LogP contribution in [0.4, 0.5) is 0 Å². The Bertz CT molecular complexity index is 1910. The van der Waals surface area contributed by atoms with E-state index in [1.165, 1.54) is 11.3 Å². The van der Waals surface area contributed by atoms with Crippen molar-refractivity contribution in [2.24, 2.45) is 0 Å². The number of benzene rings is 2. The molecule has 1 N–H and O–H groups in total. The van der Waals surface area contributed by atoms with Gasteiger partial charge in [0.05, 0.1) is 16.9 Å². The molecule has 4 aromatic heterocycles. The third kappa shape index (κ3) is 4.38. The highest BCUT2D eigenvalue weighted by Gasteiger charge is 2.44. The summed E-state index contributed by atoms with van der Waals surface area (Å²) in [7, 11) is 0. The summed E-state index contributed by atoms with van der Waals surface area (Å²) in [6.07, 6.45) is 3.14. The van der Waals surface area contributed by atoms with Gasteiger partial charge in [0.2, 0.25) is 0 Å². The summed E-state index contributed by atoms with van der Waals surface area (Å²) >= 11 is 1.42. The van der Waals surface area contributed by atoms with Gasteiger partial charge in [0.1, 0.15) is 21.9 Å². The molecule has 2 aliphatic heterocycles. The van der Waals surface area contributed by atoms with Crippen LogP contribution in [0.25, 0.3) is 38.7 Å². The fourth-order valence-corrected chi connectivity index (χ4v) is 7.02. The minimum absolute atomic E-state index is 0.0207. The van der Waals surface area contributed by atoms with Crippen molar-refractivity contribution in [3.8, 4) is 34.2 Å². The second-order valence-corrected chi connectivity index (χ2v) is 11.8. The zero-order valence-electron chi connectivity index (χ0n) is 22.8. The highest BCUT2D eigenvalue weighted by atomic mass is 32.1. The van der Waals surface area contributed by atoms with Gasteiger partial charge in [0, 0.05) is 48.6 Å². The van der Waals surface area contributed by atoms with E-state index >= 15 is 0 Å². The molecular formula is C31H24N8O3S. The largest absolute Gasteiger partial charge is 0.486 e. The third-order valence-electron chi connectivity index (χ3n) is 8.15. The molecule has 0 radical (unpaired) electrons. The number of amides is 1. The van der Waals surface area contributed by atoms with E-state index in [2.05, 4.69) is 25.6 Å². The number of nitrogens with one attached hydrogen (secondary N) is 1. The van der Waals surface area contributed by atoms with Gasteiger partial charge >= 0.3 is 0 Å². The van der Waals surface area contributed by atoms with Crippen LogP contribution >= 0.6 is 11.3 Å². The molecule has 0 unspecified atom stereocenters. The fraction of sp³-hybridized carbons (Fsp3) is 0.194. The molecule has 6 heterocycles. The number of carbonyl (C=O) groups is 2. The Labute approximate surface area is 249 Å². The number of likely N-dealkylation sites (tertiary alicyclic amines) is 1. The fourth-order valence-electron chi connectivity index (χ4n) is 5.93. The third-order valence-corrected chi connectivity index (χ3v) is 9.25. The van der Waals surface area contributed by atoms with Gasteiger partial charge in [-0.05, 0) is 46.8 Å². The summed E-state index contributed by atoms with van der Waals surface area (Å²) in [5.74, 6) is 1.74. The van der Waals surface area contributed by atoms with E-state index in [-0.39, 0.29) is 18.1 Å². The Balaban J connectivity index is 1.05. The van der Waals surface area contributed by atoms with Crippen LogP contribution < -0.4 is 4.74 Å². The first-order valence-electron chi connectivity index (χ1n) is 14.0. The lowest BCUT2D eigenvalue weighted by Gasteiger charge is -2.43. The molecule has 11 nitrogen and oxygen atoms in total. The highest BCUT2D eigenvalue weighted by Crippen LogP contribution is 2.41. The maximum absolute atomic E-state index is 13.8. The number of fused-ring (bicyclic) bond motifs is 2. The van der Waals surface area contributed by atoms with E-state index in [4.69, 9.17) is 9.84 Å². The van der Waals surface area contributed by atoms with Gasteiger partial charge in [0.15, 0.2) is 17.4 Å². The van der Waals surface area contributed by atoms with Crippen LogP contribution in [0, 0.1) is 0 Å². The summed E-state index contributed by atoms with van der Waals surface area (Å²) in [5.41, 5.74) is 2.41. The molecule has 1 fully saturated rings. The zero-order valence-corrected chi connectivity index (χ0v) is 23.6. The predicted octanol–water partition coefficient (Wildman–Crippen LogP) is 4.97. The first kappa shape index (κ1) is 25.5. The molecule has 212 valence electrons. The molecule has 1 saturated heterocycles. The number of pyridine rings is 1. The lowest BCUT2D eigenvalue weighted by molar-refractivity contribution is -0.00557. The number of nitrogens with zero attached hydrogens (tertiary/aromatic N) is 7. The molecule has 6 aromatic rings. The maximum Gasteiger partial charge on any atom is 0.264 e. The molecular weight excluding hydrogens is 564 g/mol. The Morgan fingerprint density at radius 1 is 0.977 bits per heavy atom. The van der Waals surface area contributed by atoms with Crippen LogP contribution in [0.15, 0.2) is 79.0 Å². The lowest BCUT2D eigenvalue weighted by Crippen LogP contribution is -2.52. The van der Waals surface area contributed by atoms with E-state index in [0.717, 1.165) is 27.0 Å². The van der Waals surface area contributed by atoms with E-state index in [1.807, 2.05) is 70.2 Å². The molecule has 8 rings (SSSR count). The summed E-state index contributed by atoms with van der Waals surface area (Å²) in [5, 5.41) is 19.7. The standard InChI is InChI=1S/C31H24N8O3S/c40-23-18-31(42-24-10-9-20(16-21(23)24)28-33-36-37-34-28)11-14-38(15-12-31)29(41)25-17-22-27(19-6-2-1-3-7-19)35-39(30(22)43-25)26-8-4-5-13-32-26/h1-10,13,16-17H,11-12,14-15,18H2,(H,33,34,36,37). The van der Waals surface area contributed by atoms with Gasteiger partial charge < -0.3 is 9.64 Å². The Morgan fingerprint density at radius 3 is 2.58 bits per heavy atom. The quantitative estimate of drug-likeness (QED) is 0.305. The summed E-state index contributed by atoms with van der Waals surface area (Å²) < 4.78 is 8.28. The van der Waals surface area contributed by atoms with Crippen LogP contribution in [0.3, 0.4) is 0 Å². The SMILES string of the molecule is O=C1CC2(CCN(C(=O)c3cc4c(-c5ccccc5)nn(-c5ccccn5)c4s3)CC2)Oc2ccc(-c3nnn[nH]3)cc21. The van der Waals surface area contributed by atoms with E-state index in [1.54, 1.807) is 18.3 Å². The average molecular weight is 589 g/mol. The molecule has 0 saturated carbocycles. The molecule has 0 bridgehead atoms. The minimum Gasteiger partial charge on any atom is -0.486 e. The average Bonchev–Trinajstić information content (AvgIpc) is 3.80. The van der Waals surface area contributed by atoms with Crippen molar-refractivity contribution in [2.75, 3.05) is 13.1 Å². The van der Waals surface area contributed by atoms with Crippen molar-refractivity contribution in [3.63, 3.8) is 0 Å². The lowest BCUT2D eigenvalue weighted by atomic mass is 9.82. The molecule has 0 atom stereocenters. The van der Waals surface area contributed by atoms with Crippen LogP contribution in [-0.4, -0.2) is 70.7 Å². The first-order valence-corrected chi connectivity index (χ1v) is 14.8. The normalized spacial score (nSPS) is 15.9. The molecule has 2 aromatic carbocycles. The minimum atomic E-state index is -0.629. The molecule has 43 heavy (non-hydrogen) atoms. The Hall–Kier alpha value is -5.23. The number of aromatic nitrogens is 7. The molecule has 2 aliphatic rings. The number of hydrogen-bond donors (Lipinski definition) is 1. The number of carbonyl (C=O) groups excluding carboxylic acids is 2. The van der Waals surface area contributed by atoms with Crippen molar-refractivity contribution in [3.05, 3.63) is 89.4 Å². The summed E-state index contributed by atoms with van der Waals surface area (Å²) in [6.45, 7) is 0.991. The topological polar surface area (TPSA) is 132 Å². The number of tetrazole rings is 1. The molecule has 1 amide bonds. The van der Waals surface area contributed by atoms with Crippen LogP contribution in [0.1, 0.15) is 39.3 Å². The molecule has 12 heteroatoms. The molecule has 1 spiro atoms. The predicted molar refractivity (Wildman–Crippen MR) is 159 cm³/mol. The number of hydrogen-bond acceptors (Lipinski definition) is 9. The smallest absolute Gasteiger partial charge is 0.264 e. The second kappa shape index (κ2) is 9.95. The zero-order chi connectivity index (χ0) is 29.0. The van der Waals surface area contributed by atoms with E-state index in [9.17, 15) is 9.59 Å². The highest BCUT2D eigenvalue weighted by molar-refractivity contribution is 7.20. The van der Waals surface area contributed by atoms with Gasteiger partial charge in [0.25, 0.3) is 5.91 Å².